The largest absolute Gasteiger partial charge is 0.355 e. The van der Waals surface area contributed by atoms with Crippen LogP contribution >= 0.6 is 11.3 Å². The van der Waals surface area contributed by atoms with Crippen molar-refractivity contribution in [2.45, 2.75) is 25.3 Å². The molecular formula is C16H23N5O2S2. The molecule has 0 aliphatic rings. The lowest BCUT2D eigenvalue weighted by Gasteiger charge is -2.12. The summed E-state index contributed by atoms with van der Waals surface area (Å²) in [6.07, 6.45) is 0. The Balaban J connectivity index is 1.77. The number of aryl methyl sites for hydroxylation is 2. The van der Waals surface area contributed by atoms with E-state index >= 15 is 0 Å². The van der Waals surface area contributed by atoms with E-state index in [1.165, 1.54) is 0 Å². The van der Waals surface area contributed by atoms with Crippen LogP contribution < -0.4 is 15.4 Å². The highest BCUT2D eigenvalue weighted by molar-refractivity contribution is 7.89. The topological polar surface area (TPSA) is 95.5 Å². The molecule has 0 fully saturated rings. The Labute approximate surface area is 152 Å². The Bertz CT molecular complexity index is 816. The van der Waals surface area contributed by atoms with Gasteiger partial charge in [0.25, 0.3) is 0 Å². The summed E-state index contributed by atoms with van der Waals surface area (Å²) in [5.74, 6) is 0.615. The first-order chi connectivity index (χ1) is 11.9. The van der Waals surface area contributed by atoms with Crippen LogP contribution in [0, 0.1) is 13.8 Å². The number of nitrogens with zero attached hydrogens (tertiary/aromatic N) is 2. The van der Waals surface area contributed by atoms with E-state index in [0.717, 1.165) is 15.6 Å². The van der Waals surface area contributed by atoms with Crippen molar-refractivity contribution < 1.29 is 8.42 Å². The number of hydrogen-bond donors (Lipinski definition) is 3. The number of aromatic nitrogens is 1. The summed E-state index contributed by atoms with van der Waals surface area (Å²) in [5.41, 5.74) is 1.01. The van der Waals surface area contributed by atoms with Gasteiger partial charge in [0.15, 0.2) is 5.96 Å². The number of benzene rings is 1. The molecule has 0 amide bonds. The normalized spacial score (nSPS) is 12.2. The predicted molar refractivity (Wildman–Crippen MR) is 101 cm³/mol. The summed E-state index contributed by atoms with van der Waals surface area (Å²) in [7, 11) is -1.81. The smallest absolute Gasteiger partial charge is 0.240 e. The molecule has 2 rings (SSSR count). The van der Waals surface area contributed by atoms with E-state index in [0.29, 0.717) is 19.0 Å². The van der Waals surface area contributed by atoms with E-state index in [2.05, 4.69) is 25.3 Å². The van der Waals surface area contributed by atoms with Gasteiger partial charge in [0.2, 0.25) is 10.0 Å². The summed E-state index contributed by atoms with van der Waals surface area (Å²) >= 11 is 1.65. The quantitative estimate of drug-likeness (QED) is 0.383. The van der Waals surface area contributed by atoms with Crippen LogP contribution in [0.5, 0.6) is 0 Å². The van der Waals surface area contributed by atoms with Crippen molar-refractivity contribution in [3.05, 3.63) is 45.9 Å². The van der Waals surface area contributed by atoms with Gasteiger partial charge in [-0.15, -0.1) is 11.3 Å². The summed E-state index contributed by atoms with van der Waals surface area (Å²) in [6, 6.07) is 8.30. The third kappa shape index (κ3) is 5.80. The first-order valence-corrected chi connectivity index (χ1v) is 10.1. The van der Waals surface area contributed by atoms with E-state index in [9.17, 15) is 8.42 Å². The lowest BCUT2D eigenvalue weighted by molar-refractivity contribution is 0.580. The maximum atomic E-state index is 12.1. The van der Waals surface area contributed by atoms with Crippen molar-refractivity contribution in [3.8, 4) is 0 Å². The lowest BCUT2D eigenvalue weighted by Crippen LogP contribution is -2.41. The van der Waals surface area contributed by atoms with E-state index in [-0.39, 0.29) is 11.4 Å². The van der Waals surface area contributed by atoms with Crippen LogP contribution in [0.25, 0.3) is 0 Å². The summed E-state index contributed by atoms with van der Waals surface area (Å²) in [5, 5.41) is 7.32. The number of thiazole rings is 1. The van der Waals surface area contributed by atoms with E-state index in [1.807, 2.05) is 13.8 Å². The second-order valence-electron chi connectivity index (χ2n) is 5.30. The number of guanidine groups is 1. The Hall–Kier alpha value is -1.97. The molecule has 25 heavy (non-hydrogen) atoms. The number of hydrogen-bond acceptors (Lipinski definition) is 5. The van der Waals surface area contributed by atoms with Gasteiger partial charge in [-0.25, -0.2) is 18.1 Å². The lowest BCUT2D eigenvalue weighted by atomic mass is 10.4. The number of sulfonamides is 1. The molecule has 9 heteroatoms. The Kier molecular flexibility index (Phi) is 6.91. The van der Waals surface area contributed by atoms with Crippen LogP contribution in [-0.2, 0) is 16.6 Å². The van der Waals surface area contributed by atoms with E-state index in [1.54, 1.807) is 48.7 Å². The molecule has 1 aromatic carbocycles. The summed E-state index contributed by atoms with van der Waals surface area (Å²) in [4.78, 5) is 9.94. The van der Waals surface area contributed by atoms with Gasteiger partial charge in [0, 0.05) is 25.0 Å². The van der Waals surface area contributed by atoms with Gasteiger partial charge in [-0.2, -0.15) is 0 Å². The van der Waals surface area contributed by atoms with E-state index < -0.39 is 10.0 Å². The highest BCUT2D eigenvalue weighted by Crippen LogP contribution is 2.16. The fourth-order valence-electron chi connectivity index (χ4n) is 2.17. The molecule has 0 spiro atoms. The maximum absolute atomic E-state index is 12.1. The van der Waals surface area contributed by atoms with Crippen LogP contribution in [0.15, 0.2) is 40.2 Å². The van der Waals surface area contributed by atoms with Crippen LogP contribution in [0.2, 0.25) is 0 Å². The van der Waals surface area contributed by atoms with Crippen molar-refractivity contribution in [2.75, 3.05) is 20.1 Å². The minimum absolute atomic E-state index is 0.258. The van der Waals surface area contributed by atoms with Crippen molar-refractivity contribution in [1.29, 1.82) is 0 Å². The molecule has 0 saturated heterocycles. The van der Waals surface area contributed by atoms with Gasteiger partial charge in [-0.3, -0.25) is 4.99 Å². The van der Waals surface area contributed by atoms with Crippen LogP contribution in [-0.4, -0.2) is 39.5 Å². The van der Waals surface area contributed by atoms with Crippen molar-refractivity contribution in [2.24, 2.45) is 4.99 Å². The summed E-state index contributed by atoms with van der Waals surface area (Å²) < 4.78 is 26.8. The van der Waals surface area contributed by atoms with Gasteiger partial charge in [0.1, 0.15) is 0 Å². The molecule has 1 aromatic heterocycles. The molecule has 0 aliphatic carbocycles. The molecule has 2 aromatic rings. The third-order valence-corrected chi connectivity index (χ3v) is 5.95. The number of rotatable bonds is 7. The monoisotopic (exact) mass is 381 g/mol. The van der Waals surface area contributed by atoms with Gasteiger partial charge < -0.3 is 10.6 Å². The molecule has 0 radical (unpaired) electrons. The van der Waals surface area contributed by atoms with E-state index in [4.69, 9.17) is 0 Å². The Morgan fingerprint density at radius 1 is 1.16 bits per heavy atom. The van der Waals surface area contributed by atoms with Crippen LogP contribution in [0.1, 0.15) is 15.6 Å². The molecule has 136 valence electrons. The fourth-order valence-corrected chi connectivity index (χ4v) is 4.10. The zero-order valence-electron chi connectivity index (χ0n) is 14.5. The second-order valence-corrected chi connectivity index (χ2v) is 8.36. The molecular weight excluding hydrogens is 358 g/mol. The van der Waals surface area contributed by atoms with Crippen LogP contribution in [0.3, 0.4) is 0 Å². The number of nitrogens with one attached hydrogen (secondary N) is 3. The number of aliphatic imine (C=N–C) groups is 1. The van der Waals surface area contributed by atoms with Crippen LogP contribution in [0.4, 0.5) is 0 Å². The Morgan fingerprint density at radius 2 is 1.88 bits per heavy atom. The first-order valence-electron chi connectivity index (χ1n) is 7.84. The molecule has 0 atom stereocenters. The van der Waals surface area contributed by atoms with Gasteiger partial charge in [-0.05, 0) is 26.0 Å². The maximum Gasteiger partial charge on any atom is 0.240 e. The summed E-state index contributed by atoms with van der Waals surface area (Å²) in [6.45, 7) is 5.28. The molecule has 3 N–H and O–H groups in total. The zero-order valence-corrected chi connectivity index (χ0v) is 16.2. The highest BCUT2D eigenvalue weighted by Gasteiger charge is 2.12. The van der Waals surface area contributed by atoms with Gasteiger partial charge >= 0.3 is 0 Å². The molecule has 0 unspecified atom stereocenters. The van der Waals surface area contributed by atoms with Crippen molar-refractivity contribution >= 4 is 27.3 Å². The average Bonchev–Trinajstić information content (AvgIpc) is 2.92. The SMILES string of the molecule is CN=C(NCCNS(=O)(=O)c1ccccc1)NCc1sc(C)nc1C. The van der Waals surface area contributed by atoms with Gasteiger partial charge in [0.05, 0.1) is 22.1 Å². The predicted octanol–water partition coefficient (Wildman–Crippen LogP) is 1.40. The zero-order chi connectivity index (χ0) is 18.3. The van der Waals surface area contributed by atoms with Gasteiger partial charge in [-0.1, -0.05) is 18.2 Å². The van der Waals surface area contributed by atoms with Crippen molar-refractivity contribution in [1.82, 2.24) is 20.3 Å². The van der Waals surface area contributed by atoms with Crippen molar-refractivity contribution in [3.63, 3.8) is 0 Å². The minimum atomic E-state index is -3.48. The fraction of sp³-hybridized carbons (Fsp3) is 0.375. The Morgan fingerprint density at radius 3 is 2.48 bits per heavy atom. The molecule has 1 heterocycles. The third-order valence-electron chi connectivity index (χ3n) is 3.40. The molecule has 0 saturated carbocycles. The highest BCUT2D eigenvalue weighted by atomic mass is 32.2. The average molecular weight is 382 g/mol. The molecule has 7 nitrogen and oxygen atoms in total. The standard InChI is InChI=1S/C16H23N5O2S2/c1-12-15(24-13(2)21-12)11-19-16(17-3)18-9-10-20-25(22,23)14-7-5-4-6-8-14/h4-8,20H,9-11H2,1-3H3,(H2,17,18,19). The minimum Gasteiger partial charge on any atom is -0.355 e. The molecule has 0 bridgehead atoms. The molecule has 0 aliphatic heterocycles. The first kappa shape index (κ1) is 19.4. The second kappa shape index (κ2) is 8.93.